The molecule has 2 rings (SSSR count). The van der Waals surface area contributed by atoms with Crippen molar-refractivity contribution >= 4 is 11.6 Å². The van der Waals surface area contributed by atoms with Crippen LogP contribution < -0.4 is 10.6 Å². The van der Waals surface area contributed by atoms with Crippen molar-refractivity contribution in [3.8, 4) is 0 Å². The monoisotopic (exact) mass is 260 g/mol. The number of hydrogen-bond donors (Lipinski definition) is 2. The standard InChI is InChI=1S/C16H24N2O/c1-4-16(2,3)11-18-15(19)13-9-10-17-14-8-6-5-7-12(13)14/h5-8,13,17H,4,9-11H2,1-3H3,(H,18,19). The second-order valence-corrected chi connectivity index (χ2v) is 6.09. The predicted octanol–water partition coefficient (Wildman–Crippen LogP) is 3.14. The van der Waals surface area contributed by atoms with Gasteiger partial charge in [0.1, 0.15) is 0 Å². The molecule has 1 atom stereocenters. The number of nitrogens with one attached hydrogen (secondary N) is 2. The van der Waals surface area contributed by atoms with Crippen LogP contribution >= 0.6 is 0 Å². The fraction of sp³-hybridized carbons (Fsp3) is 0.562. The molecule has 104 valence electrons. The van der Waals surface area contributed by atoms with Crippen LogP contribution in [0.2, 0.25) is 0 Å². The number of amides is 1. The summed E-state index contributed by atoms with van der Waals surface area (Å²) >= 11 is 0. The predicted molar refractivity (Wildman–Crippen MR) is 79.4 cm³/mol. The highest BCUT2D eigenvalue weighted by Crippen LogP contribution is 2.31. The molecule has 0 aromatic heterocycles. The van der Waals surface area contributed by atoms with Crippen molar-refractivity contribution in [2.24, 2.45) is 5.41 Å². The lowest BCUT2D eigenvalue weighted by atomic mass is 9.88. The summed E-state index contributed by atoms with van der Waals surface area (Å²) in [5.74, 6) is 0.153. The number of benzene rings is 1. The minimum Gasteiger partial charge on any atom is -0.385 e. The third-order valence-corrected chi connectivity index (χ3v) is 4.10. The molecule has 0 radical (unpaired) electrons. The molecule has 1 amide bonds. The van der Waals surface area contributed by atoms with Crippen LogP contribution in [0.5, 0.6) is 0 Å². The van der Waals surface area contributed by atoms with Gasteiger partial charge in [0.15, 0.2) is 0 Å². The Morgan fingerprint density at radius 1 is 1.42 bits per heavy atom. The van der Waals surface area contributed by atoms with Gasteiger partial charge in [0.2, 0.25) is 5.91 Å². The number of carbonyl (C=O) groups is 1. The van der Waals surface area contributed by atoms with E-state index in [1.807, 2.05) is 18.2 Å². The zero-order valence-corrected chi connectivity index (χ0v) is 12.1. The summed E-state index contributed by atoms with van der Waals surface area (Å²) in [5.41, 5.74) is 2.39. The maximum Gasteiger partial charge on any atom is 0.227 e. The highest BCUT2D eigenvalue weighted by molar-refractivity contribution is 5.86. The summed E-state index contributed by atoms with van der Waals surface area (Å²) in [6.45, 7) is 8.14. The molecule has 1 aromatic carbocycles. The lowest BCUT2D eigenvalue weighted by molar-refractivity contribution is -0.123. The summed E-state index contributed by atoms with van der Waals surface area (Å²) in [7, 11) is 0. The molecule has 0 bridgehead atoms. The van der Waals surface area contributed by atoms with Gasteiger partial charge in [-0.2, -0.15) is 0 Å². The number of rotatable bonds is 4. The Kier molecular flexibility index (Phi) is 4.13. The van der Waals surface area contributed by atoms with E-state index in [9.17, 15) is 4.79 Å². The number of fused-ring (bicyclic) bond motifs is 1. The number of hydrogen-bond acceptors (Lipinski definition) is 2. The zero-order valence-electron chi connectivity index (χ0n) is 12.1. The van der Waals surface area contributed by atoms with Crippen molar-refractivity contribution in [2.45, 2.75) is 39.5 Å². The third-order valence-electron chi connectivity index (χ3n) is 4.10. The maximum atomic E-state index is 12.4. The molecule has 0 fully saturated rings. The van der Waals surface area contributed by atoms with Crippen molar-refractivity contribution in [3.63, 3.8) is 0 Å². The Balaban J connectivity index is 2.05. The van der Waals surface area contributed by atoms with Crippen LogP contribution in [0.25, 0.3) is 0 Å². The fourth-order valence-electron chi connectivity index (χ4n) is 2.32. The van der Waals surface area contributed by atoms with Crippen LogP contribution in [0.4, 0.5) is 5.69 Å². The molecule has 1 aliphatic rings. The average molecular weight is 260 g/mol. The van der Waals surface area contributed by atoms with Crippen LogP contribution in [-0.2, 0) is 4.79 Å². The van der Waals surface area contributed by atoms with E-state index < -0.39 is 0 Å². The summed E-state index contributed by atoms with van der Waals surface area (Å²) in [5, 5.41) is 6.47. The second-order valence-electron chi connectivity index (χ2n) is 6.09. The molecule has 0 saturated heterocycles. The molecule has 0 saturated carbocycles. The molecule has 1 unspecified atom stereocenters. The minimum atomic E-state index is -0.00916. The van der Waals surface area contributed by atoms with Gasteiger partial charge in [-0.25, -0.2) is 0 Å². The van der Waals surface area contributed by atoms with Crippen LogP contribution in [-0.4, -0.2) is 19.0 Å². The Bertz CT molecular complexity index is 454. The van der Waals surface area contributed by atoms with E-state index in [0.29, 0.717) is 0 Å². The molecule has 1 heterocycles. The zero-order chi connectivity index (χ0) is 13.9. The van der Waals surface area contributed by atoms with Gasteiger partial charge in [-0.1, -0.05) is 39.0 Å². The van der Waals surface area contributed by atoms with Gasteiger partial charge in [0.25, 0.3) is 0 Å². The quantitative estimate of drug-likeness (QED) is 0.873. The molecule has 19 heavy (non-hydrogen) atoms. The number of anilines is 1. The van der Waals surface area contributed by atoms with Gasteiger partial charge in [0, 0.05) is 18.8 Å². The highest BCUT2D eigenvalue weighted by atomic mass is 16.1. The molecule has 2 N–H and O–H groups in total. The van der Waals surface area contributed by atoms with E-state index in [1.165, 1.54) is 0 Å². The first kappa shape index (κ1) is 13.9. The second kappa shape index (κ2) is 5.64. The van der Waals surface area contributed by atoms with E-state index >= 15 is 0 Å². The van der Waals surface area contributed by atoms with Crippen LogP contribution in [0.3, 0.4) is 0 Å². The lowest BCUT2D eigenvalue weighted by Crippen LogP contribution is -2.38. The van der Waals surface area contributed by atoms with Crippen molar-refractivity contribution in [1.29, 1.82) is 0 Å². The van der Waals surface area contributed by atoms with Crippen molar-refractivity contribution in [1.82, 2.24) is 5.32 Å². The largest absolute Gasteiger partial charge is 0.385 e. The van der Waals surface area contributed by atoms with Crippen molar-refractivity contribution in [3.05, 3.63) is 29.8 Å². The van der Waals surface area contributed by atoms with Crippen LogP contribution in [0.1, 0.15) is 45.1 Å². The topological polar surface area (TPSA) is 41.1 Å². The van der Waals surface area contributed by atoms with E-state index in [1.54, 1.807) is 0 Å². The van der Waals surface area contributed by atoms with E-state index in [2.05, 4.69) is 37.5 Å². The van der Waals surface area contributed by atoms with E-state index in [0.717, 1.165) is 37.2 Å². The smallest absolute Gasteiger partial charge is 0.227 e. The van der Waals surface area contributed by atoms with Gasteiger partial charge >= 0.3 is 0 Å². The molecule has 1 aromatic rings. The summed E-state index contributed by atoms with van der Waals surface area (Å²) < 4.78 is 0. The normalized spacial score (nSPS) is 18.4. The summed E-state index contributed by atoms with van der Waals surface area (Å²) in [6.07, 6.45) is 1.94. The molecule has 0 aliphatic carbocycles. The molecular weight excluding hydrogens is 236 g/mol. The van der Waals surface area contributed by atoms with Gasteiger partial charge in [-0.05, 0) is 29.9 Å². The van der Waals surface area contributed by atoms with Gasteiger partial charge in [-0.3, -0.25) is 4.79 Å². The summed E-state index contributed by atoms with van der Waals surface area (Å²) in [4.78, 5) is 12.4. The first-order valence-corrected chi connectivity index (χ1v) is 7.14. The molecule has 0 spiro atoms. The van der Waals surface area contributed by atoms with Crippen molar-refractivity contribution in [2.75, 3.05) is 18.4 Å². The third kappa shape index (κ3) is 3.28. The average Bonchev–Trinajstić information content (AvgIpc) is 2.44. The molecular formula is C16H24N2O. The Labute approximate surface area is 115 Å². The molecule has 3 heteroatoms. The molecule has 3 nitrogen and oxygen atoms in total. The Hall–Kier alpha value is -1.51. The fourth-order valence-corrected chi connectivity index (χ4v) is 2.32. The Morgan fingerprint density at radius 3 is 2.89 bits per heavy atom. The van der Waals surface area contributed by atoms with E-state index in [-0.39, 0.29) is 17.2 Å². The van der Waals surface area contributed by atoms with E-state index in [4.69, 9.17) is 0 Å². The summed E-state index contributed by atoms with van der Waals surface area (Å²) in [6, 6.07) is 8.11. The van der Waals surface area contributed by atoms with Gasteiger partial charge in [-0.15, -0.1) is 0 Å². The number of para-hydroxylation sites is 1. The molecule has 1 aliphatic heterocycles. The number of carbonyl (C=O) groups excluding carboxylic acids is 1. The SMILES string of the molecule is CCC(C)(C)CNC(=O)C1CCNc2ccccc21. The minimum absolute atomic E-state index is 0.00916. The maximum absolute atomic E-state index is 12.4. The van der Waals surface area contributed by atoms with Gasteiger partial charge < -0.3 is 10.6 Å². The highest BCUT2D eigenvalue weighted by Gasteiger charge is 2.27. The first-order chi connectivity index (χ1) is 9.03. The van der Waals surface area contributed by atoms with Gasteiger partial charge in [0.05, 0.1) is 5.92 Å². The van der Waals surface area contributed by atoms with Crippen molar-refractivity contribution < 1.29 is 4.79 Å². The van der Waals surface area contributed by atoms with Crippen LogP contribution in [0.15, 0.2) is 24.3 Å². The van der Waals surface area contributed by atoms with Crippen LogP contribution in [0, 0.1) is 5.41 Å². The first-order valence-electron chi connectivity index (χ1n) is 7.14. The lowest BCUT2D eigenvalue weighted by Gasteiger charge is -2.28. The Morgan fingerprint density at radius 2 is 2.16 bits per heavy atom.